The Bertz CT molecular complexity index is 281. The quantitative estimate of drug-likeness (QED) is 0.696. The summed E-state index contributed by atoms with van der Waals surface area (Å²) >= 11 is 0. The van der Waals surface area contributed by atoms with Crippen molar-refractivity contribution < 1.29 is 33.4 Å². The molecule has 0 spiro atoms. The topological polar surface area (TPSA) is 113 Å². The summed E-state index contributed by atoms with van der Waals surface area (Å²) in [6, 6.07) is 0. The molecule has 2 N–H and O–H groups in total. The first-order valence-electron chi connectivity index (χ1n) is 4.47. The average Bonchev–Trinajstić information content (AvgIpc) is 2.14. The molecular weight excluding hydrogens is 241 g/mol. The van der Waals surface area contributed by atoms with Gasteiger partial charge in [0.05, 0.1) is 13.2 Å². The summed E-state index contributed by atoms with van der Waals surface area (Å²) in [7, 11) is -3.72. The van der Waals surface area contributed by atoms with Gasteiger partial charge in [-0.15, -0.1) is 0 Å². The van der Waals surface area contributed by atoms with Gasteiger partial charge in [0, 0.05) is 0 Å². The Balaban J connectivity index is 4.77. The van der Waals surface area contributed by atoms with Gasteiger partial charge in [-0.05, 0) is 13.8 Å². The van der Waals surface area contributed by atoms with E-state index in [9.17, 15) is 14.2 Å². The fourth-order valence-corrected chi connectivity index (χ4v) is 2.50. The van der Waals surface area contributed by atoms with E-state index in [-0.39, 0.29) is 18.1 Å². The molecule has 0 aromatic rings. The van der Waals surface area contributed by atoms with Crippen LogP contribution in [-0.4, -0.2) is 46.8 Å². The van der Waals surface area contributed by atoms with Crippen molar-refractivity contribution in [2.75, 3.05) is 19.5 Å². The van der Waals surface area contributed by atoms with Crippen LogP contribution in [0.15, 0.2) is 0 Å². The van der Waals surface area contributed by atoms with Crippen molar-refractivity contribution in [1.82, 2.24) is 4.90 Å². The Kier molecular flexibility index (Phi) is 6.02. The monoisotopic (exact) mass is 255 g/mol. The zero-order chi connectivity index (χ0) is 12.8. The maximum absolute atomic E-state index is 11.8. The summed E-state index contributed by atoms with van der Waals surface area (Å²) in [5, 5.41) is 17.1. The first kappa shape index (κ1) is 14.9. The Hall–Kier alpha value is -1.11. The van der Waals surface area contributed by atoms with E-state index in [4.69, 9.17) is 19.3 Å². The normalized spacial score (nSPS) is 11.1. The molecule has 9 heteroatoms. The number of rotatable bonds is 6. The zero-order valence-electron chi connectivity index (χ0n) is 8.95. The predicted octanol–water partition coefficient (Wildman–Crippen LogP) is 1.87. The van der Waals surface area contributed by atoms with E-state index >= 15 is 0 Å². The van der Waals surface area contributed by atoms with Gasteiger partial charge in [0.15, 0.2) is 0 Å². The molecule has 0 bridgehead atoms. The fourth-order valence-electron chi connectivity index (χ4n) is 0.888. The maximum atomic E-state index is 11.8. The average molecular weight is 255 g/mol. The molecule has 16 heavy (non-hydrogen) atoms. The van der Waals surface area contributed by atoms with Gasteiger partial charge < -0.3 is 19.3 Å². The van der Waals surface area contributed by atoms with Gasteiger partial charge in [-0.3, -0.25) is 4.57 Å². The Morgan fingerprint density at radius 1 is 1.12 bits per heavy atom. The van der Waals surface area contributed by atoms with Gasteiger partial charge in [-0.1, -0.05) is 0 Å². The third kappa shape index (κ3) is 4.61. The molecule has 0 aliphatic carbocycles. The molecule has 0 aliphatic rings. The van der Waals surface area contributed by atoms with E-state index in [1.165, 1.54) is 13.8 Å². The molecule has 2 amide bonds. The number of amides is 2. The first-order chi connectivity index (χ1) is 7.36. The molecule has 0 aromatic carbocycles. The van der Waals surface area contributed by atoms with Gasteiger partial charge in [-0.25, -0.2) is 14.5 Å². The number of nitrogens with zero attached hydrogens (tertiary/aromatic N) is 1. The van der Waals surface area contributed by atoms with Crippen LogP contribution in [0.25, 0.3) is 0 Å². The number of carboxylic acid groups (broad SMARTS) is 2. The molecule has 0 saturated heterocycles. The smallest absolute Gasteiger partial charge is 0.417 e. The highest BCUT2D eigenvalue weighted by molar-refractivity contribution is 7.53. The van der Waals surface area contributed by atoms with E-state index in [0.717, 1.165) is 0 Å². The van der Waals surface area contributed by atoms with Crippen LogP contribution in [0.2, 0.25) is 0 Å². The minimum atomic E-state index is -3.72. The lowest BCUT2D eigenvalue weighted by atomic mass is 10.8. The second-order valence-corrected chi connectivity index (χ2v) is 4.60. The highest BCUT2D eigenvalue weighted by Gasteiger charge is 2.33. The van der Waals surface area contributed by atoms with Crippen molar-refractivity contribution in [2.45, 2.75) is 13.8 Å². The van der Waals surface area contributed by atoms with Crippen molar-refractivity contribution >= 4 is 19.8 Å². The third-order valence-corrected chi connectivity index (χ3v) is 3.36. The standard InChI is InChI=1S/C7H14NO7P/c1-3-14-16(13,15-4-2)5-8(6(9)10)7(11)12/h3-5H2,1-2H3,(H,9,10)(H,11,12). The zero-order valence-corrected chi connectivity index (χ0v) is 9.85. The molecule has 94 valence electrons. The van der Waals surface area contributed by atoms with Crippen molar-refractivity contribution in [1.29, 1.82) is 0 Å². The number of hydrogen-bond acceptors (Lipinski definition) is 5. The fraction of sp³-hybridized carbons (Fsp3) is 0.714. The Morgan fingerprint density at radius 2 is 1.50 bits per heavy atom. The van der Waals surface area contributed by atoms with E-state index in [1.807, 2.05) is 0 Å². The van der Waals surface area contributed by atoms with E-state index in [0.29, 0.717) is 0 Å². The Morgan fingerprint density at radius 3 is 1.75 bits per heavy atom. The minimum absolute atomic E-state index is 0.0321. The van der Waals surface area contributed by atoms with Crippen molar-refractivity contribution in [2.24, 2.45) is 0 Å². The molecule has 0 heterocycles. The maximum Gasteiger partial charge on any atom is 0.417 e. The van der Waals surface area contributed by atoms with Crippen molar-refractivity contribution in [3.05, 3.63) is 0 Å². The van der Waals surface area contributed by atoms with Crippen LogP contribution in [0.1, 0.15) is 13.8 Å². The Labute approximate surface area is 92.3 Å². The molecule has 0 rings (SSSR count). The SMILES string of the molecule is CCOP(=O)(CN(C(=O)O)C(=O)O)OCC. The van der Waals surface area contributed by atoms with E-state index in [1.54, 1.807) is 0 Å². The summed E-state index contributed by atoms with van der Waals surface area (Å²) < 4.78 is 21.4. The van der Waals surface area contributed by atoms with Crippen LogP contribution in [0, 0.1) is 0 Å². The number of carbonyl (C=O) groups is 2. The number of imide groups is 1. The van der Waals surface area contributed by atoms with Crippen LogP contribution in [0.4, 0.5) is 9.59 Å². The summed E-state index contributed by atoms with van der Waals surface area (Å²) in [4.78, 5) is 21.0. The van der Waals surface area contributed by atoms with E-state index < -0.39 is 26.1 Å². The van der Waals surface area contributed by atoms with Crippen LogP contribution < -0.4 is 0 Å². The minimum Gasteiger partial charge on any atom is -0.465 e. The van der Waals surface area contributed by atoms with Crippen molar-refractivity contribution in [3.8, 4) is 0 Å². The summed E-state index contributed by atoms with van der Waals surface area (Å²) in [5.74, 6) is 0. The van der Waals surface area contributed by atoms with Crippen LogP contribution in [0.5, 0.6) is 0 Å². The van der Waals surface area contributed by atoms with Crippen molar-refractivity contribution in [3.63, 3.8) is 0 Å². The second kappa shape index (κ2) is 6.47. The summed E-state index contributed by atoms with van der Waals surface area (Å²) in [5.41, 5.74) is 0. The summed E-state index contributed by atoms with van der Waals surface area (Å²) in [6.07, 6.45) is -4.29. The lowest BCUT2D eigenvalue weighted by Gasteiger charge is -2.21. The molecule has 0 radical (unpaired) electrons. The molecule has 0 unspecified atom stereocenters. The molecule has 0 atom stereocenters. The third-order valence-electron chi connectivity index (χ3n) is 1.43. The van der Waals surface area contributed by atoms with Gasteiger partial charge in [0.25, 0.3) is 0 Å². The van der Waals surface area contributed by atoms with Gasteiger partial charge >= 0.3 is 19.8 Å². The largest absolute Gasteiger partial charge is 0.465 e. The molecule has 0 fully saturated rings. The van der Waals surface area contributed by atoms with Crippen LogP contribution >= 0.6 is 7.60 Å². The van der Waals surface area contributed by atoms with E-state index in [2.05, 4.69) is 0 Å². The van der Waals surface area contributed by atoms with Gasteiger partial charge in [-0.2, -0.15) is 0 Å². The predicted molar refractivity (Wildman–Crippen MR) is 53.6 cm³/mol. The summed E-state index contributed by atoms with van der Waals surface area (Å²) in [6.45, 7) is 3.14. The first-order valence-corrected chi connectivity index (χ1v) is 6.20. The molecule has 0 aliphatic heterocycles. The van der Waals surface area contributed by atoms with Gasteiger partial charge in [0.1, 0.15) is 6.29 Å². The highest BCUT2D eigenvalue weighted by Crippen LogP contribution is 2.48. The molecular formula is C7H14NO7P. The molecule has 8 nitrogen and oxygen atoms in total. The van der Waals surface area contributed by atoms with Crippen LogP contribution in [-0.2, 0) is 13.6 Å². The van der Waals surface area contributed by atoms with Gasteiger partial charge in [0.2, 0.25) is 0 Å². The molecule has 0 saturated carbocycles. The molecule has 0 aromatic heterocycles. The van der Waals surface area contributed by atoms with Crippen LogP contribution in [0.3, 0.4) is 0 Å². The number of hydrogen-bond donors (Lipinski definition) is 2. The lowest BCUT2D eigenvalue weighted by molar-refractivity contribution is 0.122. The highest BCUT2D eigenvalue weighted by atomic mass is 31.2. The lowest BCUT2D eigenvalue weighted by Crippen LogP contribution is -2.35. The second-order valence-electron chi connectivity index (χ2n) is 2.58.